The van der Waals surface area contributed by atoms with Crippen molar-refractivity contribution in [1.29, 1.82) is 0 Å². The van der Waals surface area contributed by atoms with Crippen molar-refractivity contribution in [3.05, 3.63) is 119 Å². The molecule has 0 radical (unpaired) electrons. The minimum Gasteiger partial charge on any atom is -0.378 e. The van der Waals surface area contributed by atoms with Gasteiger partial charge in [0.05, 0.1) is 39.7 Å². The highest BCUT2D eigenvalue weighted by molar-refractivity contribution is 6.09. The van der Waals surface area contributed by atoms with Gasteiger partial charge in [-0.2, -0.15) is 5.10 Å². The summed E-state index contributed by atoms with van der Waals surface area (Å²) in [5, 5.41) is 41.2. The van der Waals surface area contributed by atoms with Gasteiger partial charge >= 0.3 is 0 Å². The average molecular weight is 613 g/mol. The number of hydrogen-bond donors (Lipinski definition) is 0. The van der Waals surface area contributed by atoms with Crippen molar-refractivity contribution >= 4 is 40.4 Å². The van der Waals surface area contributed by atoms with Crippen LogP contribution in [0, 0.1) is 36.3 Å². The molecule has 0 N–H and O–H groups in total. The van der Waals surface area contributed by atoms with Crippen LogP contribution in [-0.4, -0.2) is 57.7 Å². The van der Waals surface area contributed by atoms with E-state index in [2.05, 4.69) is 0 Å². The van der Waals surface area contributed by atoms with Gasteiger partial charge in [-0.1, -0.05) is 24.3 Å². The summed E-state index contributed by atoms with van der Waals surface area (Å²) in [6.07, 6.45) is 3.80. The van der Waals surface area contributed by atoms with E-state index in [1.54, 1.807) is 30.3 Å². The number of carbonyl (C=O) groups is 1. The van der Waals surface area contributed by atoms with E-state index >= 15 is 0 Å². The number of ether oxygens (including phenoxy) is 1. The van der Waals surface area contributed by atoms with Crippen LogP contribution in [0.25, 0.3) is 6.08 Å². The Bertz CT molecular complexity index is 1770. The fourth-order valence-corrected chi connectivity index (χ4v) is 6.26. The van der Waals surface area contributed by atoms with Crippen LogP contribution in [0.15, 0.2) is 77.4 Å². The number of carbonyl (C=O) groups excluding carboxylic acids is 1. The first-order valence-corrected chi connectivity index (χ1v) is 14.4. The Balaban J connectivity index is 1.43. The number of fused-ring (bicyclic) bond motifs is 1. The van der Waals surface area contributed by atoms with Gasteiger partial charge in [-0.05, 0) is 54.2 Å². The van der Waals surface area contributed by atoms with Crippen LogP contribution in [0.4, 0.5) is 22.7 Å². The van der Waals surface area contributed by atoms with Gasteiger partial charge in [-0.25, -0.2) is 5.01 Å². The zero-order valence-corrected chi connectivity index (χ0v) is 24.0. The summed E-state index contributed by atoms with van der Waals surface area (Å²) < 4.78 is 5.37. The van der Waals surface area contributed by atoms with E-state index in [9.17, 15) is 35.1 Å². The number of hydrogen-bond acceptors (Lipinski definition) is 10. The summed E-state index contributed by atoms with van der Waals surface area (Å²) in [4.78, 5) is 49.6. The Morgan fingerprint density at radius 2 is 1.60 bits per heavy atom. The molecule has 0 unspecified atom stereocenters. The number of amides is 1. The molecule has 0 spiro atoms. The predicted molar refractivity (Wildman–Crippen MR) is 164 cm³/mol. The Morgan fingerprint density at radius 3 is 2.31 bits per heavy atom. The number of anilines is 1. The summed E-state index contributed by atoms with van der Waals surface area (Å²) in [6, 6.07) is 15.9. The third-order valence-electron chi connectivity index (χ3n) is 8.32. The first-order valence-electron chi connectivity index (χ1n) is 14.4. The van der Waals surface area contributed by atoms with Gasteiger partial charge in [0, 0.05) is 54.9 Å². The Hall–Kier alpha value is -5.50. The maximum atomic E-state index is 14.2. The van der Waals surface area contributed by atoms with Crippen LogP contribution in [0.1, 0.15) is 46.8 Å². The topological polar surface area (TPSA) is 175 Å². The Labute approximate surface area is 256 Å². The van der Waals surface area contributed by atoms with Crippen molar-refractivity contribution in [1.82, 2.24) is 5.01 Å². The molecule has 0 bridgehead atoms. The molecule has 3 aromatic rings. The number of morpholine rings is 1. The summed E-state index contributed by atoms with van der Waals surface area (Å²) in [5.41, 5.74) is 2.56. The number of benzene rings is 3. The molecular formula is C31H28N6O8. The molecule has 230 valence electrons. The molecule has 14 nitrogen and oxygen atoms in total. The minimum absolute atomic E-state index is 0.0568. The lowest BCUT2D eigenvalue weighted by atomic mass is 9.77. The maximum absolute atomic E-state index is 14.2. The van der Waals surface area contributed by atoms with Crippen LogP contribution in [0.2, 0.25) is 0 Å². The van der Waals surface area contributed by atoms with Crippen molar-refractivity contribution < 1.29 is 24.3 Å². The zero-order chi connectivity index (χ0) is 31.7. The first kappa shape index (κ1) is 29.6. The van der Waals surface area contributed by atoms with Crippen molar-refractivity contribution in [2.75, 3.05) is 31.2 Å². The highest BCUT2D eigenvalue weighted by Crippen LogP contribution is 2.46. The minimum atomic E-state index is -0.709. The molecule has 2 atom stereocenters. The van der Waals surface area contributed by atoms with Crippen LogP contribution >= 0.6 is 0 Å². The van der Waals surface area contributed by atoms with E-state index in [0.717, 1.165) is 12.0 Å². The molecule has 3 aromatic carbocycles. The second-order valence-corrected chi connectivity index (χ2v) is 11.0. The molecule has 14 heteroatoms. The summed E-state index contributed by atoms with van der Waals surface area (Å²) in [7, 11) is 0. The highest BCUT2D eigenvalue weighted by Gasteiger charge is 2.44. The molecule has 2 aliphatic heterocycles. The summed E-state index contributed by atoms with van der Waals surface area (Å²) >= 11 is 0. The molecule has 1 saturated carbocycles. The molecule has 45 heavy (non-hydrogen) atoms. The number of hydrazone groups is 1. The molecule has 2 fully saturated rings. The van der Waals surface area contributed by atoms with Gasteiger partial charge in [0.25, 0.3) is 23.0 Å². The second kappa shape index (κ2) is 12.2. The van der Waals surface area contributed by atoms with Crippen molar-refractivity contribution in [2.24, 2.45) is 11.0 Å². The van der Waals surface area contributed by atoms with E-state index < -0.39 is 26.7 Å². The first-order chi connectivity index (χ1) is 21.7. The van der Waals surface area contributed by atoms with Gasteiger partial charge in [-0.3, -0.25) is 35.1 Å². The molecule has 1 saturated heterocycles. The lowest BCUT2D eigenvalue weighted by Gasteiger charge is -2.30. The van der Waals surface area contributed by atoms with Gasteiger partial charge in [0.2, 0.25) is 0 Å². The standard InChI is InChI=1S/C31H28N6O8/c38-31(23-10-11-27(28(19-23)37(43)44)33-12-14-45-15-13-33)34-30(22-6-2-8-25(18-22)36(41)42)26-9-3-5-21(29(26)32-34)16-20-4-1-7-24(17-20)35(39)40/h1-2,4,6-8,10-11,16-19,26,30H,3,5,9,12-15H2/b21-16+/t26-,30+/m1/s1. The molecule has 1 amide bonds. The number of nitro benzene ring substituents is 3. The molecule has 3 aliphatic rings. The number of rotatable bonds is 7. The van der Waals surface area contributed by atoms with Gasteiger partial charge in [0.15, 0.2) is 0 Å². The SMILES string of the molecule is O=C(c1ccc(N2CCOCC2)c([N+](=O)[O-])c1)N1N=C2/C(=C/c3cccc([N+](=O)[O-])c3)CCC[C@H]2[C@@H]1c1cccc([N+](=O)[O-])c1. The zero-order valence-electron chi connectivity index (χ0n) is 24.0. The number of non-ortho nitro benzene ring substituents is 2. The van der Waals surface area contributed by atoms with E-state index in [-0.39, 0.29) is 28.5 Å². The second-order valence-electron chi connectivity index (χ2n) is 11.0. The van der Waals surface area contributed by atoms with E-state index in [1.165, 1.54) is 41.4 Å². The lowest BCUT2D eigenvalue weighted by molar-refractivity contribution is -0.385. The number of allylic oxidation sites excluding steroid dienone is 1. The molecule has 0 aromatic heterocycles. The monoisotopic (exact) mass is 612 g/mol. The summed E-state index contributed by atoms with van der Waals surface area (Å²) in [6.45, 7) is 1.82. The molecule has 6 rings (SSSR count). The largest absolute Gasteiger partial charge is 0.378 e. The normalized spacial score (nSPS) is 20.4. The van der Waals surface area contributed by atoms with E-state index in [1.807, 2.05) is 11.0 Å². The molecule has 2 heterocycles. The Morgan fingerprint density at radius 1 is 0.889 bits per heavy atom. The van der Waals surface area contributed by atoms with E-state index in [0.29, 0.717) is 61.7 Å². The van der Waals surface area contributed by atoms with Crippen molar-refractivity contribution in [2.45, 2.75) is 25.3 Å². The quantitative estimate of drug-likeness (QED) is 0.240. The van der Waals surface area contributed by atoms with Gasteiger partial charge in [-0.15, -0.1) is 0 Å². The maximum Gasteiger partial charge on any atom is 0.293 e. The van der Waals surface area contributed by atoms with Gasteiger partial charge in [0.1, 0.15) is 5.69 Å². The van der Waals surface area contributed by atoms with Crippen molar-refractivity contribution in [3.8, 4) is 0 Å². The van der Waals surface area contributed by atoms with Crippen LogP contribution in [0.5, 0.6) is 0 Å². The molecule has 1 aliphatic carbocycles. The highest BCUT2D eigenvalue weighted by atomic mass is 16.6. The number of nitro groups is 3. The van der Waals surface area contributed by atoms with Gasteiger partial charge < -0.3 is 9.64 Å². The third kappa shape index (κ3) is 5.87. The lowest BCUT2D eigenvalue weighted by Crippen LogP contribution is -2.36. The third-order valence-corrected chi connectivity index (χ3v) is 8.32. The van der Waals surface area contributed by atoms with Crippen molar-refractivity contribution in [3.63, 3.8) is 0 Å². The molecular weight excluding hydrogens is 584 g/mol. The average Bonchev–Trinajstić information content (AvgIpc) is 3.45. The van der Waals surface area contributed by atoms with Crippen LogP contribution in [0.3, 0.4) is 0 Å². The Kier molecular flexibility index (Phi) is 8.04. The summed E-state index contributed by atoms with van der Waals surface area (Å²) in [5.74, 6) is -0.906. The van der Waals surface area contributed by atoms with Crippen LogP contribution in [-0.2, 0) is 4.74 Å². The predicted octanol–water partition coefficient (Wildman–Crippen LogP) is 5.68. The fraction of sp³-hybridized carbons (Fsp3) is 0.290. The fourth-order valence-electron chi connectivity index (χ4n) is 6.26. The van der Waals surface area contributed by atoms with E-state index in [4.69, 9.17) is 9.84 Å². The van der Waals surface area contributed by atoms with Crippen LogP contribution < -0.4 is 4.90 Å². The number of nitrogens with zero attached hydrogens (tertiary/aromatic N) is 6. The smallest absolute Gasteiger partial charge is 0.293 e.